The number of fused-ring (bicyclic) bond motifs is 2. The summed E-state index contributed by atoms with van der Waals surface area (Å²) in [5, 5.41) is 16.9. The molecular weight excluding hydrogens is 406 g/mol. The molecule has 0 bridgehead atoms. The summed E-state index contributed by atoms with van der Waals surface area (Å²) in [7, 11) is 0. The van der Waals surface area contributed by atoms with Crippen molar-refractivity contribution in [1.82, 2.24) is 9.55 Å². The van der Waals surface area contributed by atoms with Gasteiger partial charge in [0.05, 0.1) is 34.3 Å². The Balaban J connectivity index is 1.64. The Bertz CT molecular complexity index is 1220. The standard InChI is InChI=1S/C28H33N5/c1-3-13-30-24-16-22(27-19(4-2)12-14-31-28(27)23(24)17-29)20-10-11-26-25(15-20)32-18-33(26)21-8-6-5-7-9-21/h10-12,14-16,18-19,21,30-31H,3-9,13H2,1-2H3. The average Bonchev–Trinajstić information content (AvgIpc) is 3.30. The third kappa shape index (κ3) is 3.88. The summed E-state index contributed by atoms with van der Waals surface area (Å²) in [5.41, 5.74) is 8.37. The molecule has 0 spiro atoms. The predicted molar refractivity (Wildman–Crippen MR) is 137 cm³/mol. The van der Waals surface area contributed by atoms with Gasteiger partial charge in [0.2, 0.25) is 0 Å². The van der Waals surface area contributed by atoms with E-state index in [1.54, 1.807) is 0 Å². The van der Waals surface area contributed by atoms with E-state index in [1.165, 1.54) is 48.7 Å². The van der Waals surface area contributed by atoms with E-state index < -0.39 is 0 Å². The number of hydrogen-bond donors (Lipinski definition) is 2. The SMILES string of the molecule is CCCNc1cc(-c2ccc3c(c2)ncn3C2CCCCC2)c2c(c1C#N)NC=CC2CC. The zero-order valence-corrected chi connectivity index (χ0v) is 19.7. The normalized spacial score (nSPS) is 18.0. The maximum atomic E-state index is 10.00. The monoisotopic (exact) mass is 439 g/mol. The minimum atomic E-state index is 0.277. The molecule has 1 saturated carbocycles. The van der Waals surface area contributed by atoms with Crippen molar-refractivity contribution in [2.24, 2.45) is 0 Å². The largest absolute Gasteiger partial charge is 0.384 e. The van der Waals surface area contributed by atoms with Gasteiger partial charge in [-0.1, -0.05) is 45.3 Å². The molecule has 0 radical (unpaired) electrons. The summed E-state index contributed by atoms with van der Waals surface area (Å²) in [6.07, 6.45) is 14.7. The van der Waals surface area contributed by atoms with Crippen molar-refractivity contribution in [3.8, 4) is 17.2 Å². The van der Waals surface area contributed by atoms with Gasteiger partial charge < -0.3 is 15.2 Å². The fourth-order valence-electron chi connectivity index (χ4n) is 5.52. The lowest BCUT2D eigenvalue weighted by Gasteiger charge is -2.27. The fourth-order valence-corrected chi connectivity index (χ4v) is 5.52. The van der Waals surface area contributed by atoms with Crippen molar-refractivity contribution < 1.29 is 0 Å². The van der Waals surface area contributed by atoms with Gasteiger partial charge in [0.15, 0.2) is 0 Å². The number of anilines is 2. The van der Waals surface area contributed by atoms with Crippen LogP contribution in [0.15, 0.2) is 42.9 Å². The lowest BCUT2D eigenvalue weighted by Crippen LogP contribution is -2.12. The summed E-state index contributed by atoms with van der Waals surface area (Å²) >= 11 is 0. The number of nitriles is 1. The molecular formula is C28H33N5. The molecule has 5 heteroatoms. The van der Waals surface area contributed by atoms with Crippen molar-refractivity contribution in [3.05, 3.63) is 54.0 Å². The smallest absolute Gasteiger partial charge is 0.104 e. The molecule has 1 aromatic heterocycles. The van der Waals surface area contributed by atoms with Crippen LogP contribution in [0.5, 0.6) is 0 Å². The molecule has 1 unspecified atom stereocenters. The van der Waals surface area contributed by atoms with Gasteiger partial charge in [0.25, 0.3) is 0 Å². The van der Waals surface area contributed by atoms with Crippen LogP contribution in [0.2, 0.25) is 0 Å². The second-order valence-electron chi connectivity index (χ2n) is 9.34. The minimum Gasteiger partial charge on any atom is -0.384 e. The van der Waals surface area contributed by atoms with E-state index in [2.05, 4.69) is 65.5 Å². The molecule has 5 nitrogen and oxygen atoms in total. The Morgan fingerprint density at radius 3 is 2.79 bits per heavy atom. The molecule has 2 aromatic carbocycles. The number of rotatable bonds is 6. The van der Waals surface area contributed by atoms with Crippen molar-refractivity contribution >= 4 is 22.4 Å². The van der Waals surface area contributed by atoms with Crippen molar-refractivity contribution in [1.29, 1.82) is 5.26 Å². The molecule has 2 aliphatic rings. The third-order valence-electron chi connectivity index (χ3n) is 7.27. The molecule has 0 saturated heterocycles. The highest BCUT2D eigenvalue weighted by Gasteiger charge is 2.25. The van der Waals surface area contributed by atoms with E-state index in [0.29, 0.717) is 11.6 Å². The lowest BCUT2D eigenvalue weighted by molar-refractivity contribution is 0.359. The minimum absolute atomic E-state index is 0.277. The van der Waals surface area contributed by atoms with Crippen LogP contribution < -0.4 is 10.6 Å². The van der Waals surface area contributed by atoms with Gasteiger partial charge in [0, 0.05) is 18.5 Å². The highest BCUT2D eigenvalue weighted by Crippen LogP contribution is 2.45. The van der Waals surface area contributed by atoms with Gasteiger partial charge in [0.1, 0.15) is 6.07 Å². The number of nitrogens with zero attached hydrogens (tertiary/aromatic N) is 3. The summed E-state index contributed by atoms with van der Waals surface area (Å²) < 4.78 is 2.39. The highest BCUT2D eigenvalue weighted by atomic mass is 15.1. The topological polar surface area (TPSA) is 65.7 Å². The number of allylic oxidation sites excluding steroid dienone is 1. The number of hydrogen-bond acceptors (Lipinski definition) is 4. The third-order valence-corrected chi connectivity index (χ3v) is 7.27. The Morgan fingerprint density at radius 1 is 1.18 bits per heavy atom. The first kappa shape index (κ1) is 21.6. The van der Waals surface area contributed by atoms with Crippen LogP contribution in [0.1, 0.15) is 81.9 Å². The van der Waals surface area contributed by atoms with Crippen LogP contribution >= 0.6 is 0 Å². The molecule has 170 valence electrons. The lowest BCUT2D eigenvalue weighted by atomic mass is 9.83. The zero-order valence-electron chi connectivity index (χ0n) is 19.7. The number of nitrogens with one attached hydrogen (secondary N) is 2. The second-order valence-corrected chi connectivity index (χ2v) is 9.34. The molecule has 2 heterocycles. The molecule has 2 N–H and O–H groups in total. The first-order chi connectivity index (χ1) is 16.2. The molecule has 5 rings (SSSR count). The molecule has 1 aliphatic heterocycles. The molecule has 33 heavy (non-hydrogen) atoms. The van der Waals surface area contributed by atoms with E-state index in [0.717, 1.165) is 41.8 Å². The van der Waals surface area contributed by atoms with Gasteiger partial charge in [-0.05, 0) is 66.8 Å². The first-order valence-corrected chi connectivity index (χ1v) is 12.5. The Kier molecular flexibility index (Phi) is 6.09. The molecule has 1 atom stereocenters. The fraction of sp³-hybridized carbons (Fsp3) is 0.429. The maximum Gasteiger partial charge on any atom is 0.104 e. The molecule has 1 fully saturated rings. The van der Waals surface area contributed by atoms with Gasteiger partial charge in [-0.3, -0.25) is 0 Å². The first-order valence-electron chi connectivity index (χ1n) is 12.5. The summed E-state index contributed by atoms with van der Waals surface area (Å²) in [4.78, 5) is 4.80. The number of aromatic nitrogens is 2. The number of imidazole rings is 1. The summed E-state index contributed by atoms with van der Waals surface area (Å²) in [6, 6.07) is 11.9. The molecule has 0 amide bonds. The zero-order chi connectivity index (χ0) is 22.8. The van der Waals surface area contributed by atoms with Crippen molar-refractivity contribution in [2.75, 3.05) is 17.2 Å². The van der Waals surface area contributed by atoms with E-state index >= 15 is 0 Å². The quantitative estimate of drug-likeness (QED) is 0.422. The van der Waals surface area contributed by atoms with Crippen LogP contribution in [-0.2, 0) is 0 Å². The van der Waals surface area contributed by atoms with Crippen LogP contribution in [0, 0.1) is 11.3 Å². The van der Waals surface area contributed by atoms with Crippen LogP contribution in [-0.4, -0.2) is 16.1 Å². The van der Waals surface area contributed by atoms with Gasteiger partial charge in [-0.2, -0.15) is 5.26 Å². The van der Waals surface area contributed by atoms with Gasteiger partial charge in [-0.25, -0.2) is 4.98 Å². The van der Waals surface area contributed by atoms with Gasteiger partial charge in [-0.15, -0.1) is 0 Å². The Labute approximate surface area is 196 Å². The van der Waals surface area contributed by atoms with E-state index in [4.69, 9.17) is 4.98 Å². The average molecular weight is 440 g/mol. The predicted octanol–water partition coefficient (Wildman–Crippen LogP) is 7.33. The van der Waals surface area contributed by atoms with Crippen molar-refractivity contribution in [2.45, 2.75) is 70.8 Å². The van der Waals surface area contributed by atoms with E-state index in [9.17, 15) is 5.26 Å². The van der Waals surface area contributed by atoms with Gasteiger partial charge >= 0.3 is 0 Å². The van der Waals surface area contributed by atoms with Crippen LogP contribution in [0.25, 0.3) is 22.2 Å². The Hall–Kier alpha value is -3.26. The van der Waals surface area contributed by atoms with Crippen molar-refractivity contribution in [3.63, 3.8) is 0 Å². The van der Waals surface area contributed by atoms with E-state index in [1.807, 2.05) is 12.5 Å². The molecule has 1 aliphatic carbocycles. The summed E-state index contributed by atoms with van der Waals surface area (Å²) in [6.45, 7) is 5.19. The molecule has 3 aromatic rings. The highest BCUT2D eigenvalue weighted by molar-refractivity contribution is 5.90. The second kappa shape index (κ2) is 9.31. The number of benzene rings is 2. The van der Waals surface area contributed by atoms with Crippen LogP contribution in [0.4, 0.5) is 11.4 Å². The summed E-state index contributed by atoms with van der Waals surface area (Å²) in [5.74, 6) is 0.277. The maximum absolute atomic E-state index is 10.00. The Morgan fingerprint density at radius 2 is 2.03 bits per heavy atom. The van der Waals surface area contributed by atoms with Crippen LogP contribution in [0.3, 0.4) is 0 Å². The van der Waals surface area contributed by atoms with E-state index in [-0.39, 0.29) is 5.92 Å².